The first-order valence-corrected chi connectivity index (χ1v) is 6.64. The van der Waals surface area contributed by atoms with Crippen LogP contribution in [0.25, 0.3) is 0 Å². The van der Waals surface area contributed by atoms with E-state index in [1.165, 1.54) is 0 Å². The number of nitrogens with zero attached hydrogens (tertiary/aromatic N) is 2. The van der Waals surface area contributed by atoms with Crippen molar-refractivity contribution in [2.45, 2.75) is 25.7 Å². The molecule has 0 saturated carbocycles. The van der Waals surface area contributed by atoms with Crippen molar-refractivity contribution in [2.24, 2.45) is 5.73 Å². The Morgan fingerprint density at radius 2 is 1.95 bits per heavy atom. The molecule has 4 nitrogen and oxygen atoms in total. The van der Waals surface area contributed by atoms with E-state index in [-0.39, 0.29) is 11.2 Å². The molecule has 1 unspecified atom stereocenters. The van der Waals surface area contributed by atoms with Gasteiger partial charge in [-0.3, -0.25) is 0 Å². The lowest BCUT2D eigenvalue weighted by Crippen LogP contribution is -2.09. The van der Waals surface area contributed by atoms with Gasteiger partial charge in [0.1, 0.15) is 0 Å². The Hall–Kier alpha value is -1.67. The fourth-order valence-corrected chi connectivity index (χ4v) is 2.28. The molecule has 1 atom stereocenters. The van der Waals surface area contributed by atoms with Gasteiger partial charge in [-0.15, -0.1) is 0 Å². The van der Waals surface area contributed by atoms with E-state index in [9.17, 15) is 13.2 Å². The Kier molecular flexibility index (Phi) is 4.24. The van der Waals surface area contributed by atoms with Crippen molar-refractivity contribution in [3.05, 3.63) is 41.2 Å². The Balaban J connectivity index is 2.07. The Bertz CT molecular complexity index is 565. The molecule has 0 fully saturated rings. The predicted molar refractivity (Wildman–Crippen MR) is 71.3 cm³/mol. The van der Waals surface area contributed by atoms with Crippen molar-refractivity contribution in [2.75, 3.05) is 5.32 Å². The fraction of sp³-hybridized carbons (Fsp3) is 0.333. The number of aromatic nitrogens is 2. The highest BCUT2D eigenvalue weighted by molar-refractivity contribution is 7.09. The molecule has 8 heteroatoms. The van der Waals surface area contributed by atoms with E-state index in [1.54, 1.807) is 0 Å². The van der Waals surface area contributed by atoms with Gasteiger partial charge in [-0.1, -0.05) is 24.3 Å². The van der Waals surface area contributed by atoms with Gasteiger partial charge in [-0.25, -0.2) is 0 Å². The van der Waals surface area contributed by atoms with Gasteiger partial charge in [0.15, 0.2) is 0 Å². The Morgan fingerprint density at radius 3 is 2.45 bits per heavy atom. The minimum atomic E-state index is -4.51. The first-order valence-electron chi connectivity index (χ1n) is 5.86. The monoisotopic (exact) mass is 302 g/mol. The minimum absolute atomic E-state index is 0.146. The molecule has 3 N–H and O–H groups in total. The standard InChI is InChI=1S/C12H13F3N4S/c1-7(9-4-2-8(6-16)3-5-9)17-11-18-10(19-20-11)12(13,14)15/h2-5,7H,6,16H2,1H3,(H,17,18,19). The van der Waals surface area contributed by atoms with Gasteiger partial charge in [-0.2, -0.15) is 22.5 Å². The lowest BCUT2D eigenvalue weighted by molar-refractivity contribution is -0.144. The van der Waals surface area contributed by atoms with Crippen LogP contribution in [0.3, 0.4) is 0 Å². The Morgan fingerprint density at radius 1 is 1.30 bits per heavy atom. The molecule has 2 rings (SSSR count). The van der Waals surface area contributed by atoms with Crippen LogP contribution in [0.4, 0.5) is 18.3 Å². The maximum Gasteiger partial charge on any atom is 0.452 e. The predicted octanol–water partition coefficient (Wildman–Crippen LogP) is 3.19. The number of nitrogens with two attached hydrogens (primary N) is 1. The van der Waals surface area contributed by atoms with Crippen molar-refractivity contribution < 1.29 is 13.2 Å². The van der Waals surface area contributed by atoms with Crippen LogP contribution >= 0.6 is 11.5 Å². The van der Waals surface area contributed by atoms with Crippen LogP contribution < -0.4 is 11.1 Å². The van der Waals surface area contributed by atoms with Crippen molar-refractivity contribution in [1.29, 1.82) is 0 Å². The number of alkyl halides is 3. The second kappa shape index (κ2) is 5.76. The first-order chi connectivity index (χ1) is 9.40. The summed E-state index contributed by atoms with van der Waals surface area (Å²) in [6.07, 6.45) is -4.51. The van der Waals surface area contributed by atoms with E-state index in [0.717, 1.165) is 11.1 Å². The van der Waals surface area contributed by atoms with Crippen molar-refractivity contribution in [3.8, 4) is 0 Å². The molecule has 0 aliphatic heterocycles. The van der Waals surface area contributed by atoms with Crippen LogP contribution in [-0.2, 0) is 12.7 Å². The summed E-state index contributed by atoms with van der Waals surface area (Å²) >= 11 is 0.695. The summed E-state index contributed by atoms with van der Waals surface area (Å²) in [5, 5.41) is 3.05. The zero-order valence-corrected chi connectivity index (χ0v) is 11.4. The van der Waals surface area contributed by atoms with E-state index < -0.39 is 12.0 Å². The number of benzene rings is 1. The molecule has 0 aliphatic rings. The summed E-state index contributed by atoms with van der Waals surface area (Å²) in [4.78, 5) is 3.43. The molecule has 0 spiro atoms. The van der Waals surface area contributed by atoms with Gasteiger partial charge in [-0.05, 0) is 18.1 Å². The average Bonchev–Trinajstić information content (AvgIpc) is 2.87. The summed E-state index contributed by atoms with van der Waals surface area (Å²) in [7, 11) is 0. The van der Waals surface area contributed by atoms with Crippen LogP contribution in [0.15, 0.2) is 24.3 Å². The molecule has 1 aromatic carbocycles. The number of hydrogen-bond acceptors (Lipinski definition) is 5. The van der Waals surface area contributed by atoms with Crippen molar-refractivity contribution in [3.63, 3.8) is 0 Å². The van der Waals surface area contributed by atoms with Crippen LogP contribution in [0.1, 0.15) is 29.9 Å². The van der Waals surface area contributed by atoms with Crippen molar-refractivity contribution >= 4 is 16.7 Å². The number of halogens is 3. The molecule has 0 aliphatic carbocycles. The molecule has 1 heterocycles. The normalized spacial score (nSPS) is 13.2. The zero-order valence-electron chi connectivity index (χ0n) is 10.6. The highest BCUT2D eigenvalue weighted by Crippen LogP contribution is 2.30. The second-order valence-electron chi connectivity index (χ2n) is 4.23. The van der Waals surface area contributed by atoms with E-state index in [0.29, 0.717) is 18.1 Å². The summed E-state index contributed by atoms with van der Waals surface area (Å²) in [5.41, 5.74) is 7.44. The highest BCUT2D eigenvalue weighted by Gasteiger charge is 2.36. The van der Waals surface area contributed by atoms with Crippen LogP contribution in [-0.4, -0.2) is 9.36 Å². The van der Waals surface area contributed by atoms with Gasteiger partial charge in [0.05, 0.1) is 6.04 Å². The highest BCUT2D eigenvalue weighted by atomic mass is 32.1. The average molecular weight is 302 g/mol. The third kappa shape index (κ3) is 3.45. The van der Waals surface area contributed by atoms with Gasteiger partial charge in [0.25, 0.3) is 0 Å². The molecule has 0 radical (unpaired) electrons. The summed E-state index contributed by atoms with van der Waals surface area (Å²) in [6.45, 7) is 2.29. The van der Waals surface area contributed by atoms with E-state index >= 15 is 0 Å². The zero-order chi connectivity index (χ0) is 14.8. The lowest BCUT2D eigenvalue weighted by atomic mass is 10.1. The lowest BCUT2D eigenvalue weighted by Gasteiger charge is -2.13. The maximum atomic E-state index is 12.4. The second-order valence-corrected chi connectivity index (χ2v) is 4.98. The summed E-state index contributed by atoms with van der Waals surface area (Å²) in [6, 6.07) is 7.36. The topological polar surface area (TPSA) is 63.8 Å². The van der Waals surface area contributed by atoms with Crippen molar-refractivity contribution in [1.82, 2.24) is 9.36 Å². The van der Waals surface area contributed by atoms with Crippen LogP contribution in [0.5, 0.6) is 0 Å². The third-order valence-electron chi connectivity index (χ3n) is 2.73. The van der Waals surface area contributed by atoms with Crippen LogP contribution in [0.2, 0.25) is 0 Å². The third-order valence-corrected chi connectivity index (χ3v) is 3.38. The Labute approximate surface area is 118 Å². The van der Waals surface area contributed by atoms with Gasteiger partial charge in [0.2, 0.25) is 11.0 Å². The molecule has 0 bridgehead atoms. The smallest absolute Gasteiger partial charge is 0.354 e. The van der Waals surface area contributed by atoms with Gasteiger partial charge >= 0.3 is 6.18 Å². The number of hydrogen-bond donors (Lipinski definition) is 2. The number of anilines is 1. The maximum absolute atomic E-state index is 12.4. The molecular weight excluding hydrogens is 289 g/mol. The van der Waals surface area contributed by atoms with Gasteiger partial charge in [0, 0.05) is 18.1 Å². The van der Waals surface area contributed by atoms with Crippen LogP contribution in [0, 0.1) is 0 Å². The molecule has 0 amide bonds. The molecule has 0 saturated heterocycles. The number of rotatable bonds is 4. The summed E-state index contributed by atoms with van der Waals surface area (Å²) < 4.78 is 40.4. The SMILES string of the molecule is CC(Nc1nc(C(F)(F)F)ns1)c1ccc(CN)cc1. The molecule has 20 heavy (non-hydrogen) atoms. The number of nitrogens with one attached hydrogen (secondary N) is 1. The van der Waals surface area contributed by atoms with Gasteiger partial charge < -0.3 is 11.1 Å². The van der Waals surface area contributed by atoms with E-state index in [1.807, 2.05) is 31.2 Å². The molecule has 108 valence electrons. The molecular formula is C12H13F3N4S. The quantitative estimate of drug-likeness (QED) is 0.910. The molecule has 1 aromatic heterocycles. The fourth-order valence-electron chi connectivity index (χ4n) is 1.61. The molecule has 2 aromatic rings. The first kappa shape index (κ1) is 14.7. The van der Waals surface area contributed by atoms with E-state index in [2.05, 4.69) is 14.7 Å². The largest absolute Gasteiger partial charge is 0.452 e. The van der Waals surface area contributed by atoms with E-state index in [4.69, 9.17) is 5.73 Å². The minimum Gasteiger partial charge on any atom is -0.354 e. The summed E-state index contributed by atoms with van der Waals surface area (Å²) in [5.74, 6) is -1.12.